The van der Waals surface area contributed by atoms with E-state index in [0.29, 0.717) is 5.56 Å². The molecule has 0 bridgehead atoms. The second-order valence-corrected chi connectivity index (χ2v) is 4.55. The fourth-order valence-corrected chi connectivity index (χ4v) is 1.93. The van der Waals surface area contributed by atoms with Crippen molar-refractivity contribution >= 4 is 12.4 Å². The maximum absolute atomic E-state index is 12.9. The van der Waals surface area contributed by atoms with Gasteiger partial charge < -0.3 is 10.8 Å². The zero-order chi connectivity index (χ0) is 13.9. The highest BCUT2D eigenvalue weighted by atomic mass is 35.5. The first-order valence-corrected chi connectivity index (χ1v) is 5.86. The quantitative estimate of drug-likeness (QED) is 0.894. The van der Waals surface area contributed by atoms with E-state index in [1.165, 1.54) is 6.07 Å². The lowest BCUT2D eigenvalue weighted by Gasteiger charge is -2.19. The Morgan fingerprint density at radius 2 is 1.84 bits per heavy atom. The van der Waals surface area contributed by atoms with Crippen molar-refractivity contribution in [3.8, 4) is 0 Å². The van der Waals surface area contributed by atoms with Crippen LogP contribution >= 0.6 is 12.4 Å². The number of halogens is 4. The van der Waals surface area contributed by atoms with Crippen LogP contribution in [0.4, 0.5) is 13.2 Å². The number of benzene rings is 1. The van der Waals surface area contributed by atoms with Crippen LogP contribution in [0.2, 0.25) is 0 Å². The molecule has 0 aromatic heterocycles. The first kappa shape index (κ1) is 18.2. The highest BCUT2D eigenvalue weighted by Gasteiger charge is 2.34. The zero-order valence-electron chi connectivity index (χ0n) is 10.9. The zero-order valence-corrected chi connectivity index (χ0v) is 11.7. The van der Waals surface area contributed by atoms with Crippen LogP contribution in [0, 0.1) is 0 Å². The second-order valence-electron chi connectivity index (χ2n) is 4.55. The normalized spacial score (nSPS) is 14.7. The molecule has 1 aromatic rings. The van der Waals surface area contributed by atoms with Gasteiger partial charge in [0.25, 0.3) is 0 Å². The molecule has 0 aliphatic rings. The highest BCUT2D eigenvalue weighted by Crippen LogP contribution is 2.35. The van der Waals surface area contributed by atoms with Crippen LogP contribution in [0.15, 0.2) is 18.2 Å². The smallest absolute Gasteiger partial charge is 0.393 e. The van der Waals surface area contributed by atoms with Crippen LogP contribution < -0.4 is 5.73 Å². The Bertz CT molecular complexity index is 405. The van der Waals surface area contributed by atoms with Crippen molar-refractivity contribution in [2.45, 2.75) is 45.0 Å². The lowest BCUT2D eigenvalue weighted by molar-refractivity contribution is -0.138. The fourth-order valence-electron chi connectivity index (χ4n) is 1.93. The van der Waals surface area contributed by atoms with E-state index in [-0.39, 0.29) is 30.8 Å². The molecule has 0 spiro atoms. The van der Waals surface area contributed by atoms with Gasteiger partial charge in [0.05, 0.1) is 11.7 Å². The van der Waals surface area contributed by atoms with Crippen LogP contribution in [0.25, 0.3) is 0 Å². The highest BCUT2D eigenvalue weighted by molar-refractivity contribution is 5.85. The molecule has 0 saturated carbocycles. The number of nitrogens with two attached hydrogens (primary N) is 1. The van der Waals surface area contributed by atoms with Gasteiger partial charge in [-0.2, -0.15) is 13.2 Å². The van der Waals surface area contributed by atoms with E-state index in [1.807, 2.05) is 0 Å². The molecule has 0 radical (unpaired) electrons. The number of rotatable bonds is 4. The van der Waals surface area contributed by atoms with Crippen LogP contribution in [0.1, 0.15) is 43.0 Å². The molecule has 0 aliphatic heterocycles. The van der Waals surface area contributed by atoms with E-state index >= 15 is 0 Å². The Morgan fingerprint density at radius 1 is 1.26 bits per heavy atom. The van der Waals surface area contributed by atoms with E-state index in [9.17, 15) is 18.3 Å². The summed E-state index contributed by atoms with van der Waals surface area (Å²) >= 11 is 0. The third kappa shape index (κ3) is 5.01. The van der Waals surface area contributed by atoms with Crippen molar-refractivity contribution in [3.63, 3.8) is 0 Å². The predicted molar refractivity (Wildman–Crippen MR) is 71.3 cm³/mol. The van der Waals surface area contributed by atoms with Gasteiger partial charge in [0.2, 0.25) is 0 Å². The van der Waals surface area contributed by atoms with Gasteiger partial charge in [-0.25, -0.2) is 0 Å². The minimum Gasteiger partial charge on any atom is -0.393 e. The number of hydrogen-bond donors (Lipinski definition) is 2. The summed E-state index contributed by atoms with van der Waals surface area (Å²) in [6, 6.07) is 3.57. The van der Waals surface area contributed by atoms with Gasteiger partial charge in [-0.05, 0) is 43.9 Å². The van der Waals surface area contributed by atoms with Crippen LogP contribution in [0.5, 0.6) is 0 Å². The summed E-state index contributed by atoms with van der Waals surface area (Å²) in [6.07, 6.45) is -4.57. The number of aliphatic hydroxyl groups is 1. The molecule has 6 heteroatoms. The molecule has 1 rings (SSSR count). The van der Waals surface area contributed by atoms with Crippen LogP contribution in [0.3, 0.4) is 0 Å². The molecule has 0 heterocycles. The van der Waals surface area contributed by atoms with E-state index in [0.717, 1.165) is 6.07 Å². The maximum atomic E-state index is 12.9. The Hall–Kier alpha value is -0.780. The summed E-state index contributed by atoms with van der Waals surface area (Å²) in [5.41, 5.74) is 5.74. The van der Waals surface area contributed by atoms with Gasteiger partial charge >= 0.3 is 6.18 Å². The molecule has 2 nitrogen and oxygen atoms in total. The first-order chi connectivity index (χ1) is 8.23. The molecule has 0 amide bonds. The molecular weight excluding hydrogens is 279 g/mol. The van der Waals surface area contributed by atoms with Gasteiger partial charge in [0.15, 0.2) is 0 Å². The van der Waals surface area contributed by atoms with Gasteiger partial charge in [0, 0.05) is 6.04 Å². The summed E-state index contributed by atoms with van der Waals surface area (Å²) in [4.78, 5) is 0. The molecule has 110 valence electrons. The van der Waals surface area contributed by atoms with Crippen LogP contribution in [-0.4, -0.2) is 11.2 Å². The number of aliphatic hydroxyl groups excluding tert-OH is 1. The first-order valence-electron chi connectivity index (χ1n) is 5.86. The van der Waals surface area contributed by atoms with E-state index < -0.39 is 23.9 Å². The van der Waals surface area contributed by atoms with Crippen molar-refractivity contribution < 1.29 is 18.3 Å². The largest absolute Gasteiger partial charge is 0.416 e. The summed E-state index contributed by atoms with van der Waals surface area (Å²) in [5, 5.41) is 9.22. The predicted octanol–water partition coefficient (Wildman–Crippen LogP) is 3.46. The number of hydrogen-bond acceptors (Lipinski definition) is 2. The summed E-state index contributed by atoms with van der Waals surface area (Å²) < 4.78 is 38.7. The molecule has 1 unspecified atom stereocenters. The standard InChI is InChI=1S/C13H18F3NO.ClH/c1-8(18)6-7-11-10(9(2)17)4-3-5-12(11)13(14,15)16;/h3-5,8-9,18H,6-7,17H2,1-2H3;1H/t8?,9-;/m1./s1. The number of alkyl halides is 3. The Labute approximate surface area is 117 Å². The Morgan fingerprint density at radius 3 is 2.26 bits per heavy atom. The van der Waals surface area contributed by atoms with Crippen LogP contribution in [-0.2, 0) is 12.6 Å². The SMILES string of the molecule is CC(O)CCc1c([C@@H](C)N)cccc1C(F)(F)F.Cl. The fraction of sp³-hybridized carbons (Fsp3) is 0.538. The van der Waals surface area contributed by atoms with Gasteiger partial charge in [-0.3, -0.25) is 0 Å². The van der Waals surface area contributed by atoms with E-state index in [2.05, 4.69) is 0 Å². The molecule has 0 saturated heterocycles. The van der Waals surface area contributed by atoms with Crippen molar-refractivity contribution in [2.24, 2.45) is 5.73 Å². The maximum Gasteiger partial charge on any atom is 0.416 e. The van der Waals surface area contributed by atoms with E-state index in [1.54, 1.807) is 19.9 Å². The lowest BCUT2D eigenvalue weighted by atomic mass is 9.92. The average molecular weight is 298 g/mol. The Balaban J connectivity index is 0.00000324. The van der Waals surface area contributed by atoms with Gasteiger partial charge in [0.1, 0.15) is 0 Å². The second kappa shape index (κ2) is 7.12. The summed E-state index contributed by atoms with van der Waals surface area (Å²) in [7, 11) is 0. The molecule has 19 heavy (non-hydrogen) atoms. The topological polar surface area (TPSA) is 46.2 Å². The monoisotopic (exact) mass is 297 g/mol. The van der Waals surface area contributed by atoms with E-state index in [4.69, 9.17) is 5.73 Å². The van der Waals surface area contributed by atoms with Gasteiger partial charge in [-0.1, -0.05) is 12.1 Å². The van der Waals surface area contributed by atoms with Crippen molar-refractivity contribution in [2.75, 3.05) is 0 Å². The summed E-state index contributed by atoms with van der Waals surface area (Å²) in [6.45, 7) is 3.21. The molecular formula is C13H19ClF3NO. The third-order valence-corrected chi connectivity index (χ3v) is 2.82. The Kier molecular flexibility index (Phi) is 6.83. The molecule has 1 aromatic carbocycles. The molecule has 0 fully saturated rings. The average Bonchev–Trinajstić information content (AvgIpc) is 2.24. The molecule has 0 aliphatic carbocycles. The summed E-state index contributed by atoms with van der Waals surface area (Å²) in [5.74, 6) is 0. The lowest BCUT2D eigenvalue weighted by Crippen LogP contribution is -2.16. The third-order valence-electron chi connectivity index (χ3n) is 2.82. The minimum absolute atomic E-state index is 0. The molecule has 2 atom stereocenters. The van der Waals surface area contributed by atoms with Crippen molar-refractivity contribution in [3.05, 3.63) is 34.9 Å². The van der Waals surface area contributed by atoms with Gasteiger partial charge in [-0.15, -0.1) is 12.4 Å². The molecule has 3 N–H and O–H groups in total. The minimum atomic E-state index is -4.39. The van der Waals surface area contributed by atoms with Crippen molar-refractivity contribution in [1.29, 1.82) is 0 Å². The van der Waals surface area contributed by atoms with Crippen molar-refractivity contribution in [1.82, 2.24) is 0 Å².